The van der Waals surface area contributed by atoms with Gasteiger partial charge in [-0.25, -0.2) is 9.97 Å². The van der Waals surface area contributed by atoms with Crippen LogP contribution in [0.5, 0.6) is 5.75 Å². The minimum absolute atomic E-state index is 0.345. The molecular weight excluding hydrogens is 476 g/mol. The molecule has 1 aromatic carbocycles. The summed E-state index contributed by atoms with van der Waals surface area (Å²) in [6.45, 7) is 13.4. The summed E-state index contributed by atoms with van der Waals surface area (Å²) in [6.07, 6.45) is 9.17. The van der Waals surface area contributed by atoms with Gasteiger partial charge in [-0.1, -0.05) is 50.1 Å². The number of hydrogen-bond donors (Lipinski definition) is 1. The van der Waals surface area contributed by atoms with Crippen LogP contribution in [0.25, 0.3) is 16.5 Å². The quantitative estimate of drug-likeness (QED) is 0.367. The first-order chi connectivity index (χ1) is 17.2. The summed E-state index contributed by atoms with van der Waals surface area (Å²) in [5.74, 6) is 0.0956. The zero-order valence-corrected chi connectivity index (χ0v) is 22.4. The number of hydrogen-bond acceptors (Lipinski definition) is 5. The number of aromatic nitrogens is 3. The van der Waals surface area contributed by atoms with Crippen LogP contribution in [0.1, 0.15) is 52.6 Å². The summed E-state index contributed by atoms with van der Waals surface area (Å²) in [6, 6.07) is 5.99. The van der Waals surface area contributed by atoms with E-state index in [-0.39, 0.29) is 11.5 Å². The molecule has 1 N–H and O–H groups in total. The Balaban J connectivity index is 0.00000145. The lowest BCUT2D eigenvalue weighted by Gasteiger charge is -2.19. The van der Waals surface area contributed by atoms with Gasteiger partial charge < -0.3 is 10.1 Å². The first-order valence-electron chi connectivity index (χ1n) is 11.6. The van der Waals surface area contributed by atoms with E-state index in [1.54, 1.807) is 37.4 Å². The number of halogens is 1. The van der Waals surface area contributed by atoms with E-state index in [9.17, 15) is 9.59 Å². The Kier molecular flexibility index (Phi) is 10.6. The molecule has 1 amide bonds. The van der Waals surface area contributed by atoms with Crippen molar-refractivity contribution in [3.63, 3.8) is 0 Å². The van der Waals surface area contributed by atoms with Crippen LogP contribution in [0, 0.1) is 0 Å². The number of nitrogens with one attached hydrogen (secondary N) is 1. The van der Waals surface area contributed by atoms with Crippen molar-refractivity contribution < 1.29 is 9.53 Å². The minimum Gasteiger partial charge on any atom is -0.495 e. The summed E-state index contributed by atoms with van der Waals surface area (Å²) in [4.78, 5) is 34.1. The fourth-order valence-corrected chi connectivity index (χ4v) is 3.44. The van der Waals surface area contributed by atoms with Crippen LogP contribution in [0.4, 0.5) is 5.69 Å². The minimum atomic E-state index is -0.786. The predicted molar refractivity (Wildman–Crippen MR) is 148 cm³/mol. The molecule has 2 aromatic heterocycles. The van der Waals surface area contributed by atoms with Crippen molar-refractivity contribution in [3.05, 3.63) is 88.2 Å². The third-order valence-corrected chi connectivity index (χ3v) is 5.40. The fraction of sp³-hybridized carbons (Fsp3) is 0.286. The van der Waals surface area contributed by atoms with Crippen molar-refractivity contribution in [3.8, 4) is 5.75 Å². The first-order valence-corrected chi connectivity index (χ1v) is 12.0. The third kappa shape index (κ3) is 7.15. The van der Waals surface area contributed by atoms with Crippen LogP contribution in [0.15, 0.2) is 77.1 Å². The largest absolute Gasteiger partial charge is 0.495 e. The molecule has 36 heavy (non-hydrogen) atoms. The maximum absolute atomic E-state index is 13.0. The number of amides is 1. The Morgan fingerprint density at radius 1 is 1.28 bits per heavy atom. The summed E-state index contributed by atoms with van der Waals surface area (Å²) in [5, 5.41) is 4.08. The molecule has 0 saturated heterocycles. The van der Waals surface area contributed by atoms with Crippen molar-refractivity contribution in [2.24, 2.45) is 0 Å². The number of ether oxygens (including phenoxy) is 1. The van der Waals surface area contributed by atoms with Crippen molar-refractivity contribution in [2.45, 2.75) is 47.1 Å². The van der Waals surface area contributed by atoms with Gasteiger partial charge >= 0.3 is 0 Å². The molecule has 0 aliphatic rings. The maximum atomic E-state index is 13.0. The van der Waals surface area contributed by atoms with Gasteiger partial charge in [-0.2, -0.15) is 0 Å². The number of carbonyl (C=O) groups excluding carboxylic acids is 1. The molecule has 0 fully saturated rings. The average Bonchev–Trinajstić information content (AvgIpc) is 2.86. The summed E-state index contributed by atoms with van der Waals surface area (Å²) >= 11 is 6.15. The number of allylic oxidation sites excluding steroid dienone is 5. The number of nitrogens with zero attached hydrogens (tertiary/aromatic N) is 3. The van der Waals surface area contributed by atoms with Gasteiger partial charge in [0.2, 0.25) is 5.91 Å². The topological polar surface area (TPSA) is 86.1 Å². The lowest BCUT2D eigenvalue weighted by atomic mass is 10.0. The number of pyridine rings is 1. The molecule has 2 heterocycles. The summed E-state index contributed by atoms with van der Waals surface area (Å²) < 4.78 is 6.88. The van der Waals surface area contributed by atoms with Crippen molar-refractivity contribution in [2.75, 3.05) is 12.4 Å². The van der Waals surface area contributed by atoms with Crippen molar-refractivity contribution >= 4 is 39.7 Å². The molecule has 3 aromatic rings. The number of anilines is 1. The molecule has 190 valence electrons. The third-order valence-electron chi connectivity index (χ3n) is 5.14. The number of carbonyl (C=O) groups is 1. The standard InChI is InChI=1S/C25H25ClN4O3.C3H8/c1-6-18(26)10-20(15(2)3)21-11-24(31)30(13-23(21)33-5)16(4)25(32)29-19-7-8-22-17(9-19)12-27-14-28-22;1-3-2/h6-14,16H,1H2,2-5H3,(H,29,32);3H2,1-2H3/b18-10+;. The van der Waals surface area contributed by atoms with Crippen LogP contribution in [0.2, 0.25) is 0 Å². The van der Waals surface area contributed by atoms with Crippen molar-refractivity contribution in [1.29, 1.82) is 0 Å². The van der Waals surface area contributed by atoms with Crippen LogP contribution in [0.3, 0.4) is 0 Å². The van der Waals surface area contributed by atoms with Gasteiger partial charge in [-0.15, -0.1) is 0 Å². The highest BCUT2D eigenvalue weighted by atomic mass is 35.5. The van der Waals surface area contributed by atoms with Crippen LogP contribution >= 0.6 is 11.6 Å². The van der Waals surface area contributed by atoms with Crippen LogP contribution in [-0.4, -0.2) is 27.6 Å². The molecule has 7 nitrogen and oxygen atoms in total. The second-order valence-electron chi connectivity index (χ2n) is 8.32. The number of rotatable bonds is 7. The molecule has 0 radical (unpaired) electrons. The Morgan fingerprint density at radius 2 is 1.97 bits per heavy atom. The fourth-order valence-electron chi connectivity index (χ4n) is 3.33. The van der Waals surface area contributed by atoms with Gasteiger partial charge in [-0.3, -0.25) is 14.2 Å². The average molecular weight is 509 g/mol. The summed E-state index contributed by atoms with van der Waals surface area (Å²) in [7, 11) is 1.51. The molecule has 0 spiro atoms. The van der Waals surface area contributed by atoms with E-state index in [1.807, 2.05) is 13.8 Å². The Morgan fingerprint density at radius 3 is 2.58 bits per heavy atom. The highest BCUT2D eigenvalue weighted by Crippen LogP contribution is 2.30. The second kappa shape index (κ2) is 13.4. The van der Waals surface area contributed by atoms with E-state index in [1.165, 1.54) is 42.8 Å². The number of fused-ring (bicyclic) bond motifs is 1. The zero-order valence-electron chi connectivity index (χ0n) is 21.6. The van der Waals surface area contributed by atoms with E-state index in [0.29, 0.717) is 22.0 Å². The Labute approximate surface area is 217 Å². The lowest BCUT2D eigenvalue weighted by Crippen LogP contribution is -2.31. The predicted octanol–water partition coefficient (Wildman–Crippen LogP) is 6.52. The van der Waals surface area contributed by atoms with E-state index in [2.05, 4.69) is 35.7 Å². The number of benzene rings is 1. The maximum Gasteiger partial charge on any atom is 0.252 e. The monoisotopic (exact) mass is 508 g/mol. The smallest absolute Gasteiger partial charge is 0.252 e. The first kappa shape index (κ1) is 28.5. The van der Waals surface area contributed by atoms with Crippen LogP contribution < -0.4 is 15.6 Å². The Bertz CT molecular complexity index is 1350. The highest BCUT2D eigenvalue weighted by Gasteiger charge is 2.20. The molecule has 3 rings (SSSR count). The van der Waals surface area contributed by atoms with E-state index >= 15 is 0 Å². The molecule has 1 unspecified atom stereocenters. The number of methoxy groups -OCH3 is 1. The molecule has 0 saturated carbocycles. The molecule has 1 atom stereocenters. The van der Waals surface area contributed by atoms with Gasteiger partial charge in [0.1, 0.15) is 18.1 Å². The normalized spacial score (nSPS) is 11.7. The summed E-state index contributed by atoms with van der Waals surface area (Å²) in [5.41, 5.74) is 3.28. The molecule has 8 heteroatoms. The highest BCUT2D eigenvalue weighted by molar-refractivity contribution is 6.31. The van der Waals surface area contributed by atoms with Crippen LogP contribution in [-0.2, 0) is 4.79 Å². The SMILES string of the molecule is C=C/C(Cl)=C\C(=C(C)C)c1cc(=O)n(C(C)C(=O)Nc2ccc3ncncc3c2)cc1OC.CCC. The Hall–Kier alpha value is -3.71. The zero-order chi connectivity index (χ0) is 26.8. The van der Waals surface area contributed by atoms with Gasteiger partial charge in [0.05, 0.1) is 18.8 Å². The molecule has 0 aliphatic heterocycles. The molecular formula is C28H33ClN4O3. The molecule has 0 aliphatic carbocycles. The second-order valence-corrected chi connectivity index (χ2v) is 8.75. The van der Waals surface area contributed by atoms with Crippen molar-refractivity contribution in [1.82, 2.24) is 14.5 Å². The van der Waals surface area contributed by atoms with Gasteiger partial charge in [0, 0.05) is 33.9 Å². The van der Waals surface area contributed by atoms with Gasteiger partial charge in [0.15, 0.2) is 0 Å². The molecule has 0 bridgehead atoms. The lowest BCUT2D eigenvalue weighted by molar-refractivity contribution is -0.118. The van der Waals surface area contributed by atoms with E-state index in [4.69, 9.17) is 16.3 Å². The van der Waals surface area contributed by atoms with E-state index in [0.717, 1.165) is 22.0 Å². The van der Waals surface area contributed by atoms with E-state index < -0.39 is 6.04 Å². The van der Waals surface area contributed by atoms with Gasteiger partial charge in [0.25, 0.3) is 5.56 Å². The van der Waals surface area contributed by atoms with Gasteiger partial charge in [-0.05, 0) is 50.6 Å².